The van der Waals surface area contributed by atoms with Crippen LogP contribution in [0.15, 0.2) is 12.3 Å². The number of aliphatic carboxylic acids is 1. The highest BCUT2D eigenvalue weighted by Gasteiger charge is 2.50. The van der Waals surface area contributed by atoms with Gasteiger partial charge in [0, 0.05) is 32.4 Å². The van der Waals surface area contributed by atoms with Crippen molar-refractivity contribution in [1.82, 2.24) is 9.88 Å². The molecule has 0 aromatic carbocycles. The minimum atomic E-state index is -0.880. The first-order valence-electron chi connectivity index (χ1n) is 7.05. The lowest BCUT2D eigenvalue weighted by Crippen LogP contribution is -2.49. The maximum absolute atomic E-state index is 12.2. The molecule has 8 heteroatoms. The molecule has 6 nitrogen and oxygen atoms in total. The molecule has 0 radical (unpaired) electrons. The fraction of sp³-hybridized carbons (Fsp3) is 0.500. The summed E-state index contributed by atoms with van der Waals surface area (Å²) in [6.07, 6.45) is 2.00. The number of anilines is 1. The highest BCUT2D eigenvalue weighted by Crippen LogP contribution is 2.40. The van der Waals surface area contributed by atoms with Crippen molar-refractivity contribution in [2.75, 3.05) is 31.1 Å². The van der Waals surface area contributed by atoms with Crippen molar-refractivity contribution >= 4 is 40.9 Å². The number of carbonyl (C=O) groups is 2. The third-order valence-corrected chi connectivity index (χ3v) is 4.59. The summed E-state index contributed by atoms with van der Waals surface area (Å²) in [4.78, 5) is 31.0. The van der Waals surface area contributed by atoms with Crippen LogP contribution in [0.4, 0.5) is 5.82 Å². The monoisotopic (exact) mass is 343 g/mol. The van der Waals surface area contributed by atoms with Gasteiger partial charge < -0.3 is 14.9 Å². The standard InChI is InChI=1S/C14H15Cl2N3O3/c15-8-5-11(16)12(17-7-8)18-1-3-19(4-2-18)13(20)9-6-10(9)14(21)22/h5,7,9-10H,1-4,6H2,(H,21,22). The van der Waals surface area contributed by atoms with Crippen LogP contribution in [0.25, 0.3) is 0 Å². The third kappa shape index (κ3) is 2.98. The molecule has 1 aromatic heterocycles. The second-order valence-electron chi connectivity index (χ2n) is 5.56. The van der Waals surface area contributed by atoms with E-state index in [1.165, 1.54) is 0 Å². The lowest BCUT2D eigenvalue weighted by molar-refractivity contribution is -0.142. The van der Waals surface area contributed by atoms with Crippen LogP contribution in [0.3, 0.4) is 0 Å². The van der Waals surface area contributed by atoms with E-state index in [1.54, 1.807) is 17.2 Å². The van der Waals surface area contributed by atoms with E-state index in [1.807, 2.05) is 4.90 Å². The Kier molecular flexibility index (Phi) is 4.14. The highest BCUT2D eigenvalue weighted by molar-refractivity contribution is 6.36. The fourth-order valence-electron chi connectivity index (χ4n) is 2.75. The predicted octanol–water partition coefficient (Wildman–Crippen LogP) is 1.76. The Morgan fingerprint density at radius 2 is 1.86 bits per heavy atom. The maximum atomic E-state index is 12.2. The summed E-state index contributed by atoms with van der Waals surface area (Å²) in [5.74, 6) is -1.12. The van der Waals surface area contributed by atoms with Crippen molar-refractivity contribution in [1.29, 1.82) is 0 Å². The maximum Gasteiger partial charge on any atom is 0.307 e. The average Bonchev–Trinajstić information content (AvgIpc) is 3.27. The molecule has 2 atom stereocenters. The van der Waals surface area contributed by atoms with Crippen molar-refractivity contribution in [3.63, 3.8) is 0 Å². The molecule has 1 amide bonds. The Morgan fingerprint density at radius 3 is 2.41 bits per heavy atom. The van der Waals surface area contributed by atoms with Crippen LogP contribution >= 0.6 is 23.2 Å². The van der Waals surface area contributed by atoms with E-state index < -0.39 is 11.9 Å². The lowest BCUT2D eigenvalue weighted by atomic mass is 10.2. The molecule has 1 N–H and O–H groups in total. The van der Waals surface area contributed by atoms with Gasteiger partial charge in [-0.05, 0) is 12.5 Å². The van der Waals surface area contributed by atoms with Crippen molar-refractivity contribution in [2.24, 2.45) is 11.8 Å². The van der Waals surface area contributed by atoms with Gasteiger partial charge >= 0.3 is 5.97 Å². The predicted molar refractivity (Wildman–Crippen MR) is 82.3 cm³/mol. The summed E-state index contributed by atoms with van der Waals surface area (Å²) in [5, 5.41) is 9.87. The largest absolute Gasteiger partial charge is 0.481 e. The lowest BCUT2D eigenvalue weighted by Gasteiger charge is -2.35. The number of carboxylic acids is 1. The van der Waals surface area contributed by atoms with Crippen molar-refractivity contribution in [3.05, 3.63) is 22.3 Å². The van der Waals surface area contributed by atoms with Crippen LogP contribution in [-0.4, -0.2) is 53.0 Å². The smallest absolute Gasteiger partial charge is 0.307 e. The van der Waals surface area contributed by atoms with Crippen LogP contribution in [0.1, 0.15) is 6.42 Å². The normalized spacial score (nSPS) is 24.3. The van der Waals surface area contributed by atoms with Gasteiger partial charge in [-0.15, -0.1) is 0 Å². The number of nitrogens with zero attached hydrogens (tertiary/aromatic N) is 3. The zero-order valence-corrected chi connectivity index (χ0v) is 13.2. The van der Waals surface area contributed by atoms with Gasteiger partial charge in [-0.25, -0.2) is 4.98 Å². The fourth-order valence-corrected chi connectivity index (χ4v) is 3.25. The molecule has 2 aliphatic rings. The third-order valence-electron chi connectivity index (χ3n) is 4.10. The molecular formula is C14H15Cl2N3O3. The van der Waals surface area contributed by atoms with Crippen LogP contribution < -0.4 is 4.90 Å². The summed E-state index contributed by atoms with van der Waals surface area (Å²) in [6.45, 7) is 2.32. The topological polar surface area (TPSA) is 73.7 Å². The molecule has 3 rings (SSSR count). The molecule has 1 aromatic rings. The van der Waals surface area contributed by atoms with Gasteiger partial charge in [0.15, 0.2) is 0 Å². The molecule has 1 saturated heterocycles. The second kappa shape index (κ2) is 5.93. The quantitative estimate of drug-likeness (QED) is 0.905. The second-order valence-corrected chi connectivity index (χ2v) is 6.40. The number of carboxylic acid groups (broad SMARTS) is 1. The summed E-state index contributed by atoms with van der Waals surface area (Å²) in [5.41, 5.74) is 0. The van der Waals surface area contributed by atoms with Gasteiger partial charge in [-0.1, -0.05) is 23.2 Å². The Balaban J connectivity index is 1.59. The Hall–Kier alpha value is -1.53. The van der Waals surface area contributed by atoms with E-state index in [-0.39, 0.29) is 11.8 Å². The van der Waals surface area contributed by atoms with E-state index in [0.29, 0.717) is 48.5 Å². The number of aromatic nitrogens is 1. The minimum absolute atomic E-state index is 0.0535. The summed E-state index contributed by atoms with van der Waals surface area (Å²) in [7, 11) is 0. The minimum Gasteiger partial charge on any atom is -0.481 e. The zero-order chi connectivity index (χ0) is 15.9. The molecule has 0 spiro atoms. The van der Waals surface area contributed by atoms with Gasteiger partial charge in [0.05, 0.1) is 21.9 Å². The van der Waals surface area contributed by atoms with E-state index >= 15 is 0 Å². The zero-order valence-electron chi connectivity index (χ0n) is 11.7. The first-order chi connectivity index (χ1) is 10.5. The van der Waals surface area contributed by atoms with Gasteiger partial charge in [0.1, 0.15) is 5.82 Å². The van der Waals surface area contributed by atoms with Crippen molar-refractivity contribution in [2.45, 2.75) is 6.42 Å². The summed E-state index contributed by atoms with van der Waals surface area (Å²) < 4.78 is 0. The van der Waals surface area contributed by atoms with E-state index in [4.69, 9.17) is 28.3 Å². The van der Waals surface area contributed by atoms with Crippen LogP contribution in [0.2, 0.25) is 10.0 Å². The first-order valence-corrected chi connectivity index (χ1v) is 7.80. The number of halogens is 2. The number of pyridine rings is 1. The number of piperazine rings is 1. The van der Waals surface area contributed by atoms with Crippen molar-refractivity contribution in [3.8, 4) is 0 Å². The molecule has 2 unspecified atom stereocenters. The van der Waals surface area contributed by atoms with Gasteiger partial charge in [0.2, 0.25) is 5.91 Å². The highest BCUT2D eigenvalue weighted by atomic mass is 35.5. The molecule has 2 fully saturated rings. The van der Waals surface area contributed by atoms with Crippen LogP contribution in [0.5, 0.6) is 0 Å². The molecule has 22 heavy (non-hydrogen) atoms. The molecular weight excluding hydrogens is 329 g/mol. The summed E-state index contributed by atoms with van der Waals surface area (Å²) >= 11 is 12.0. The van der Waals surface area contributed by atoms with Crippen molar-refractivity contribution < 1.29 is 14.7 Å². The average molecular weight is 344 g/mol. The number of hydrogen-bond donors (Lipinski definition) is 1. The first kappa shape index (κ1) is 15.4. The molecule has 1 aliphatic carbocycles. The SMILES string of the molecule is O=C(O)C1CC1C(=O)N1CCN(c2ncc(Cl)cc2Cl)CC1. The van der Waals surface area contributed by atoms with Crippen LogP contribution in [0, 0.1) is 11.8 Å². The molecule has 118 valence electrons. The molecule has 2 heterocycles. The van der Waals surface area contributed by atoms with Crippen LogP contribution in [-0.2, 0) is 9.59 Å². The Labute approximate surface area is 137 Å². The van der Waals surface area contributed by atoms with Gasteiger partial charge in [-0.2, -0.15) is 0 Å². The van der Waals surface area contributed by atoms with Gasteiger partial charge in [0.25, 0.3) is 0 Å². The number of amides is 1. The van der Waals surface area contributed by atoms with Gasteiger partial charge in [-0.3, -0.25) is 9.59 Å². The summed E-state index contributed by atoms with van der Waals surface area (Å²) in [6, 6.07) is 1.64. The number of hydrogen-bond acceptors (Lipinski definition) is 4. The molecule has 0 bridgehead atoms. The van der Waals surface area contributed by atoms with E-state index in [9.17, 15) is 9.59 Å². The molecule has 1 saturated carbocycles. The Bertz CT molecular complexity index is 617. The van der Waals surface area contributed by atoms with E-state index in [2.05, 4.69) is 4.98 Å². The van der Waals surface area contributed by atoms with E-state index in [0.717, 1.165) is 0 Å². The Morgan fingerprint density at radius 1 is 1.18 bits per heavy atom. The number of rotatable bonds is 3. The number of carbonyl (C=O) groups excluding carboxylic acids is 1. The molecule has 1 aliphatic heterocycles.